The maximum absolute atomic E-state index is 13.5. The zero-order valence-electron chi connectivity index (χ0n) is 15.4. The number of carbonyl (C=O) groups is 1. The van der Waals surface area contributed by atoms with Gasteiger partial charge in [0.25, 0.3) is 11.5 Å². The first-order valence-corrected chi connectivity index (χ1v) is 8.75. The van der Waals surface area contributed by atoms with E-state index in [-0.39, 0.29) is 23.4 Å². The fraction of sp³-hybridized carbons (Fsp3) is 0.529. The van der Waals surface area contributed by atoms with Crippen molar-refractivity contribution in [1.29, 1.82) is 0 Å². The minimum atomic E-state index is -0.847. The zero-order chi connectivity index (χ0) is 19.3. The lowest BCUT2D eigenvalue weighted by Crippen LogP contribution is -2.34. The third-order valence-corrected chi connectivity index (χ3v) is 5.31. The average molecular weight is 376 g/mol. The summed E-state index contributed by atoms with van der Waals surface area (Å²) in [6.07, 6.45) is 1.66. The minimum Gasteiger partial charge on any atom is -0.479 e. The predicted octanol–water partition coefficient (Wildman–Crippen LogP) is 0.168. The molecule has 1 N–H and O–H groups in total. The summed E-state index contributed by atoms with van der Waals surface area (Å²) in [5, 5.41) is 4.14. The summed E-state index contributed by atoms with van der Waals surface area (Å²) >= 11 is 0. The number of H-pyrrole nitrogens is 1. The fourth-order valence-corrected chi connectivity index (χ4v) is 3.97. The van der Waals surface area contributed by atoms with E-state index >= 15 is 0 Å². The number of nitrogens with one attached hydrogen (secondary N) is 1. The lowest BCUT2D eigenvalue weighted by atomic mass is 10.0. The molecule has 9 nitrogen and oxygen atoms in total. The Morgan fingerprint density at radius 3 is 2.56 bits per heavy atom. The molecule has 0 bridgehead atoms. The van der Waals surface area contributed by atoms with E-state index in [0.717, 1.165) is 0 Å². The van der Waals surface area contributed by atoms with Gasteiger partial charge in [0.2, 0.25) is 17.6 Å². The van der Waals surface area contributed by atoms with Gasteiger partial charge in [-0.1, -0.05) is 0 Å². The normalized spacial score (nSPS) is 21.6. The van der Waals surface area contributed by atoms with Crippen LogP contribution in [-0.4, -0.2) is 63.8 Å². The van der Waals surface area contributed by atoms with Crippen LogP contribution in [0.3, 0.4) is 0 Å². The highest BCUT2D eigenvalue weighted by atomic mass is 19.1. The Hall–Kier alpha value is -2.91. The smallest absolute Gasteiger partial charge is 0.288 e. The molecule has 0 aromatic carbocycles. The number of amides is 1. The van der Waals surface area contributed by atoms with Crippen molar-refractivity contribution in [3.05, 3.63) is 33.6 Å². The summed E-state index contributed by atoms with van der Waals surface area (Å²) in [6, 6.07) is 0. The van der Waals surface area contributed by atoms with Crippen molar-refractivity contribution in [3.8, 4) is 5.88 Å². The molecular weight excluding hydrogens is 355 g/mol. The molecule has 0 radical (unpaired) electrons. The Labute approximate surface area is 154 Å². The number of carbonyl (C=O) groups excluding carboxylic acids is 1. The highest BCUT2D eigenvalue weighted by Gasteiger charge is 2.43. The number of halogens is 1. The number of methoxy groups -OCH3 is 1. The van der Waals surface area contributed by atoms with E-state index in [1.54, 1.807) is 17.9 Å². The van der Waals surface area contributed by atoms with Gasteiger partial charge in [-0.15, -0.1) is 5.10 Å². The lowest BCUT2D eigenvalue weighted by molar-refractivity contribution is 0.0779. The number of aryl methyl sites for hydroxylation is 2. The Kier molecular flexibility index (Phi) is 4.12. The number of rotatable bonds is 3. The van der Waals surface area contributed by atoms with Crippen molar-refractivity contribution in [2.75, 3.05) is 38.2 Å². The molecule has 2 aromatic rings. The largest absolute Gasteiger partial charge is 0.479 e. The highest BCUT2D eigenvalue weighted by molar-refractivity contribution is 5.96. The molecule has 0 aliphatic carbocycles. The Balaban J connectivity index is 1.47. The van der Waals surface area contributed by atoms with E-state index in [9.17, 15) is 14.0 Å². The third kappa shape index (κ3) is 2.94. The first-order chi connectivity index (χ1) is 12.9. The molecule has 2 atom stereocenters. The number of likely N-dealkylation sites (tertiary alicyclic amines) is 1. The van der Waals surface area contributed by atoms with Gasteiger partial charge in [0.05, 0.1) is 12.8 Å². The van der Waals surface area contributed by atoms with Crippen LogP contribution < -0.4 is 15.2 Å². The second kappa shape index (κ2) is 6.36. The first-order valence-electron chi connectivity index (χ1n) is 8.75. The van der Waals surface area contributed by atoms with Gasteiger partial charge in [0, 0.05) is 51.3 Å². The minimum absolute atomic E-state index is 0.0892. The number of fused-ring (bicyclic) bond motifs is 1. The number of hydrogen-bond acceptors (Lipinski definition) is 6. The summed E-state index contributed by atoms with van der Waals surface area (Å²) in [5.74, 6) is 0.315. The van der Waals surface area contributed by atoms with Gasteiger partial charge in [-0.25, -0.2) is 4.98 Å². The van der Waals surface area contributed by atoms with Gasteiger partial charge >= 0.3 is 0 Å². The van der Waals surface area contributed by atoms with Crippen LogP contribution in [0, 0.1) is 24.6 Å². The summed E-state index contributed by atoms with van der Waals surface area (Å²) in [7, 11) is 3.24. The molecule has 0 spiro atoms. The lowest BCUT2D eigenvalue weighted by Gasteiger charge is -2.22. The Bertz CT molecular complexity index is 941. The summed E-state index contributed by atoms with van der Waals surface area (Å²) in [5.41, 5.74) is -0.210. The van der Waals surface area contributed by atoms with Crippen molar-refractivity contribution < 1.29 is 13.9 Å². The standard InChI is InChI=1S/C17H21FN6O3/c1-9-13(18)14(25)20-17(19-9)24-6-10-4-23(5-11(10)7-24)16(26)12-8-22(2)21-15(12)27-3/h8,10-11H,4-7H2,1-3H3,(H,19,20,25). The first kappa shape index (κ1) is 17.5. The third-order valence-electron chi connectivity index (χ3n) is 5.31. The van der Waals surface area contributed by atoms with Gasteiger partial charge in [0.15, 0.2) is 0 Å². The molecule has 4 rings (SSSR count). The summed E-state index contributed by atoms with van der Waals surface area (Å²) in [6.45, 7) is 4.02. The SMILES string of the molecule is COc1nn(C)cc1C(=O)N1CC2CN(c3nc(C)c(F)c(=O)[nH]3)CC2C1. The van der Waals surface area contributed by atoms with Crippen molar-refractivity contribution in [2.45, 2.75) is 6.92 Å². The van der Waals surface area contributed by atoms with Crippen LogP contribution in [0.1, 0.15) is 16.1 Å². The van der Waals surface area contributed by atoms with E-state index in [2.05, 4.69) is 15.1 Å². The van der Waals surface area contributed by atoms with Crippen molar-refractivity contribution in [3.63, 3.8) is 0 Å². The number of anilines is 1. The molecule has 27 heavy (non-hydrogen) atoms. The molecule has 10 heteroatoms. The average Bonchev–Trinajstić information content (AvgIpc) is 3.30. The molecule has 144 valence electrons. The van der Waals surface area contributed by atoms with Gasteiger partial charge < -0.3 is 14.5 Å². The van der Waals surface area contributed by atoms with Crippen LogP contribution in [0.25, 0.3) is 0 Å². The monoisotopic (exact) mass is 376 g/mol. The van der Waals surface area contributed by atoms with Crippen LogP contribution in [0.15, 0.2) is 11.0 Å². The van der Waals surface area contributed by atoms with Gasteiger partial charge in [-0.3, -0.25) is 19.3 Å². The van der Waals surface area contributed by atoms with Gasteiger partial charge in [-0.2, -0.15) is 4.39 Å². The second-order valence-corrected chi connectivity index (χ2v) is 7.15. The number of aromatic nitrogens is 4. The molecule has 1 amide bonds. The van der Waals surface area contributed by atoms with Crippen LogP contribution in [0.4, 0.5) is 10.3 Å². The molecule has 2 unspecified atom stereocenters. The van der Waals surface area contributed by atoms with Crippen molar-refractivity contribution in [2.24, 2.45) is 18.9 Å². The van der Waals surface area contributed by atoms with Gasteiger partial charge in [0.1, 0.15) is 5.56 Å². The van der Waals surface area contributed by atoms with E-state index in [1.807, 2.05) is 9.80 Å². The second-order valence-electron chi connectivity index (χ2n) is 7.15. The molecule has 0 saturated carbocycles. The molecule has 2 aliphatic heterocycles. The van der Waals surface area contributed by atoms with E-state index in [1.165, 1.54) is 14.0 Å². The van der Waals surface area contributed by atoms with E-state index in [4.69, 9.17) is 4.74 Å². The number of hydrogen-bond donors (Lipinski definition) is 1. The predicted molar refractivity (Wildman–Crippen MR) is 94.4 cm³/mol. The Morgan fingerprint density at radius 2 is 1.96 bits per heavy atom. The van der Waals surface area contributed by atoms with E-state index < -0.39 is 11.4 Å². The molecule has 2 saturated heterocycles. The topological polar surface area (TPSA) is 96.3 Å². The van der Waals surface area contributed by atoms with Crippen LogP contribution in [0.2, 0.25) is 0 Å². The molecule has 2 aromatic heterocycles. The zero-order valence-corrected chi connectivity index (χ0v) is 15.4. The number of nitrogens with zero attached hydrogens (tertiary/aromatic N) is 5. The maximum atomic E-state index is 13.5. The van der Waals surface area contributed by atoms with Crippen LogP contribution in [-0.2, 0) is 7.05 Å². The quantitative estimate of drug-likeness (QED) is 0.820. The molecule has 2 fully saturated rings. The van der Waals surface area contributed by atoms with Crippen LogP contribution in [0.5, 0.6) is 5.88 Å². The van der Waals surface area contributed by atoms with Crippen LogP contribution >= 0.6 is 0 Å². The number of ether oxygens (including phenoxy) is 1. The fourth-order valence-electron chi connectivity index (χ4n) is 3.97. The maximum Gasteiger partial charge on any atom is 0.288 e. The summed E-state index contributed by atoms with van der Waals surface area (Å²) < 4.78 is 20.3. The van der Waals surface area contributed by atoms with E-state index in [0.29, 0.717) is 43.6 Å². The van der Waals surface area contributed by atoms with Crippen molar-refractivity contribution in [1.82, 2.24) is 24.6 Å². The molecular formula is C17H21FN6O3. The number of aromatic amines is 1. The molecule has 2 aliphatic rings. The van der Waals surface area contributed by atoms with Crippen molar-refractivity contribution >= 4 is 11.9 Å². The molecule has 4 heterocycles. The highest BCUT2D eigenvalue weighted by Crippen LogP contribution is 2.34. The summed E-state index contributed by atoms with van der Waals surface area (Å²) in [4.78, 5) is 34.9. The van der Waals surface area contributed by atoms with Gasteiger partial charge in [-0.05, 0) is 6.92 Å². The Morgan fingerprint density at radius 1 is 1.30 bits per heavy atom.